The van der Waals surface area contributed by atoms with Gasteiger partial charge in [-0.15, -0.1) is 0 Å². The van der Waals surface area contributed by atoms with E-state index in [2.05, 4.69) is 10.6 Å². The molecule has 3 aromatic rings. The molecule has 0 aliphatic heterocycles. The lowest BCUT2D eigenvalue weighted by molar-refractivity contribution is -0.124. The Kier molecular flexibility index (Phi) is 13.3. The highest BCUT2D eigenvalue weighted by Crippen LogP contribution is 2.29. The van der Waals surface area contributed by atoms with E-state index in [0.29, 0.717) is 24.8 Å². The van der Waals surface area contributed by atoms with Crippen LogP contribution in [0, 0.1) is 0 Å². The van der Waals surface area contributed by atoms with E-state index < -0.39 is 34.1 Å². The molecule has 238 valence electrons. The van der Waals surface area contributed by atoms with Gasteiger partial charge >= 0.3 is 6.09 Å². The van der Waals surface area contributed by atoms with Crippen LogP contribution in [0.2, 0.25) is 0 Å². The second kappa shape index (κ2) is 16.9. The van der Waals surface area contributed by atoms with Crippen molar-refractivity contribution in [1.82, 2.24) is 14.9 Å². The molecule has 2 amide bonds. The molecule has 0 spiro atoms. The average molecular weight is 626 g/mol. The minimum Gasteiger partial charge on any atom is -0.453 e. The average Bonchev–Trinajstić information content (AvgIpc) is 3.04. The SMILES string of the molecule is CCN([C@H](CO)CCC[C@H](C)NC(=O)[C@@H](NC(=O)OC)C(c1ccccc1)c1ccccc1)S(=O)(=O)c1ccc(CO)cc1. The number of nitrogens with zero attached hydrogens (tertiary/aromatic N) is 1. The molecule has 11 heteroatoms. The predicted molar refractivity (Wildman–Crippen MR) is 168 cm³/mol. The summed E-state index contributed by atoms with van der Waals surface area (Å²) in [6, 6.07) is 23.0. The first-order valence-electron chi connectivity index (χ1n) is 14.7. The molecule has 0 aliphatic carbocycles. The van der Waals surface area contributed by atoms with Crippen molar-refractivity contribution >= 4 is 22.0 Å². The number of sulfonamides is 1. The Morgan fingerprint density at radius 1 is 0.864 bits per heavy atom. The van der Waals surface area contributed by atoms with E-state index in [1.54, 1.807) is 19.1 Å². The first-order valence-corrected chi connectivity index (χ1v) is 16.2. The van der Waals surface area contributed by atoms with Crippen LogP contribution in [-0.2, 0) is 26.2 Å². The Morgan fingerprint density at radius 2 is 1.43 bits per heavy atom. The van der Waals surface area contributed by atoms with Crippen LogP contribution in [0.4, 0.5) is 4.79 Å². The number of aliphatic hydroxyl groups is 2. The number of nitrogens with one attached hydrogen (secondary N) is 2. The maximum absolute atomic E-state index is 13.7. The van der Waals surface area contributed by atoms with Crippen LogP contribution in [0.1, 0.15) is 55.7 Å². The Balaban J connectivity index is 1.71. The zero-order valence-corrected chi connectivity index (χ0v) is 26.2. The minimum atomic E-state index is -3.87. The summed E-state index contributed by atoms with van der Waals surface area (Å²) < 4.78 is 32.8. The molecule has 0 saturated carbocycles. The smallest absolute Gasteiger partial charge is 0.407 e. The van der Waals surface area contributed by atoms with Gasteiger partial charge in [-0.05, 0) is 55.0 Å². The van der Waals surface area contributed by atoms with E-state index in [9.17, 15) is 28.2 Å². The van der Waals surface area contributed by atoms with E-state index in [4.69, 9.17) is 4.74 Å². The molecule has 4 N–H and O–H groups in total. The molecule has 0 fully saturated rings. The lowest BCUT2D eigenvalue weighted by Gasteiger charge is -2.30. The third-order valence-corrected chi connectivity index (χ3v) is 9.64. The van der Waals surface area contributed by atoms with Crippen molar-refractivity contribution in [2.24, 2.45) is 0 Å². The summed E-state index contributed by atoms with van der Waals surface area (Å²) in [5.74, 6) is -0.874. The van der Waals surface area contributed by atoms with Gasteiger partial charge in [-0.2, -0.15) is 4.31 Å². The van der Waals surface area contributed by atoms with Crippen LogP contribution >= 0.6 is 0 Å². The number of ether oxygens (including phenoxy) is 1. The van der Waals surface area contributed by atoms with E-state index >= 15 is 0 Å². The first kappa shape index (κ1) is 34.7. The molecule has 0 aliphatic rings. The molecule has 0 bridgehead atoms. The Hall–Kier alpha value is -3.77. The van der Waals surface area contributed by atoms with E-state index in [0.717, 1.165) is 11.1 Å². The topological polar surface area (TPSA) is 145 Å². The standard InChI is InChI=1S/C33H43N3O7S/c1-4-36(44(41,42)29-20-18-25(22-37)19-21-29)28(23-38)17-11-12-24(2)34-32(39)31(35-33(40)43-3)30(26-13-7-5-8-14-26)27-15-9-6-10-16-27/h5-10,13-16,18-21,24,28,30-31,37-38H,4,11-12,17,22-23H2,1-3H3,(H,34,39)(H,35,40)/t24-,28-,31-/m0/s1. The number of carbonyl (C=O) groups is 2. The van der Waals surface area contributed by atoms with E-state index in [1.165, 1.54) is 23.5 Å². The van der Waals surface area contributed by atoms with Crippen LogP contribution in [-0.4, -0.2) is 73.3 Å². The third-order valence-electron chi connectivity index (χ3n) is 7.60. The third kappa shape index (κ3) is 9.12. The van der Waals surface area contributed by atoms with E-state index in [1.807, 2.05) is 67.6 Å². The predicted octanol–water partition coefficient (Wildman–Crippen LogP) is 3.78. The van der Waals surface area contributed by atoms with Gasteiger partial charge in [0, 0.05) is 24.5 Å². The fourth-order valence-electron chi connectivity index (χ4n) is 5.30. The molecule has 3 rings (SSSR count). The maximum atomic E-state index is 13.7. The van der Waals surface area contributed by atoms with Gasteiger partial charge in [-0.1, -0.05) is 79.7 Å². The summed E-state index contributed by atoms with van der Waals surface area (Å²) in [7, 11) is -2.63. The number of aliphatic hydroxyl groups excluding tert-OH is 2. The zero-order valence-electron chi connectivity index (χ0n) is 25.4. The first-order chi connectivity index (χ1) is 21.2. The van der Waals surface area contributed by atoms with Crippen molar-refractivity contribution in [2.45, 2.75) is 68.7 Å². The number of benzene rings is 3. The fraction of sp³-hybridized carbons (Fsp3) is 0.394. The molecule has 0 saturated heterocycles. The molecular formula is C33H43N3O7S. The summed E-state index contributed by atoms with van der Waals surface area (Å²) in [5, 5.41) is 25.1. The number of hydrogen-bond acceptors (Lipinski definition) is 7. The van der Waals surface area contributed by atoms with Gasteiger partial charge in [-0.3, -0.25) is 4.79 Å². The summed E-state index contributed by atoms with van der Waals surface area (Å²) in [5.41, 5.74) is 2.30. The Morgan fingerprint density at radius 3 is 1.91 bits per heavy atom. The Bertz CT molecular complexity index is 1380. The summed E-state index contributed by atoms with van der Waals surface area (Å²) in [6.45, 7) is 3.18. The van der Waals surface area contributed by atoms with Crippen LogP contribution in [0.25, 0.3) is 0 Å². The van der Waals surface area contributed by atoms with Crippen molar-refractivity contribution < 1.29 is 33.0 Å². The van der Waals surface area contributed by atoms with Crippen molar-refractivity contribution in [3.8, 4) is 0 Å². The highest BCUT2D eigenvalue weighted by Gasteiger charge is 2.34. The summed E-state index contributed by atoms with van der Waals surface area (Å²) >= 11 is 0. The van der Waals surface area contributed by atoms with Crippen LogP contribution in [0.5, 0.6) is 0 Å². The molecule has 3 atom stereocenters. The quantitative estimate of drug-likeness (QED) is 0.190. The van der Waals surface area contributed by atoms with Crippen LogP contribution < -0.4 is 10.6 Å². The number of amides is 2. The van der Waals surface area contributed by atoms with Gasteiger partial charge in [0.1, 0.15) is 6.04 Å². The highest BCUT2D eigenvalue weighted by molar-refractivity contribution is 7.89. The largest absolute Gasteiger partial charge is 0.453 e. The molecule has 0 heterocycles. The summed E-state index contributed by atoms with van der Waals surface area (Å²) in [4.78, 5) is 26.2. The lowest BCUT2D eigenvalue weighted by Crippen LogP contribution is -2.52. The van der Waals surface area contributed by atoms with Crippen molar-refractivity contribution in [1.29, 1.82) is 0 Å². The van der Waals surface area contributed by atoms with Gasteiger partial charge in [0.25, 0.3) is 0 Å². The highest BCUT2D eigenvalue weighted by atomic mass is 32.2. The molecule has 44 heavy (non-hydrogen) atoms. The zero-order chi connectivity index (χ0) is 32.1. The second-order valence-electron chi connectivity index (χ2n) is 10.6. The monoisotopic (exact) mass is 625 g/mol. The van der Waals surface area contributed by atoms with Crippen LogP contribution in [0.3, 0.4) is 0 Å². The van der Waals surface area contributed by atoms with Gasteiger partial charge < -0.3 is 25.6 Å². The fourth-order valence-corrected chi connectivity index (χ4v) is 6.96. The maximum Gasteiger partial charge on any atom is 0.407 e. The van der Waals surface area contributed by atoms with Gasteiger partial charge in [0.2, 0.25) is 15.9 Å². The Labute approximate surface area is 260 Å². The number of rotatable bonds is 16. The molecule has 10 nitrogen and oxygen atoms in total. The normalized spacial score (nSPS) is 13.7. The molecular weight excluding hydrogens is 582 g/mol. The number of carbonyl (C=O) groups excluding carboxylic acids is 2. The van der Waals surface area contributed by atoms with E-state index in [-0.39, 0.29) is 36.6 Å². The molecule has 0 radical (unpaired) electrons. The molecule has 0 aromatic heterocycles. The molecule has 0 unspecified atom stereocenters. The van der Waals surface area contributed by atoms with Gasteiger partial charge in [0.15, 0.2) is 0 Å². The summed E-state index contributed by atoms with van der Waals surface area (Å²) in [6.07, 6.45) is 0.682. The lowest BCUT2D eigenvalue weighted by atomic mass is 9.84. The van der Waals surface area contributed by atoms with Crippen molar-refractivity contribution in [3.05, 3.63) is 102 Å². The number of alkyl carbamates (subject to hydrolysis) is 1. The number of methoxy groups -OCH3 is 1. The molecule has 3 aromatic carbocycles. The van der Waals surface area contributed by atoms with Gasteiger partial charge in [0.05, 0.1) is 25.2 Å². The minimum absolute atomic E-state index is 0.0890. The number of likely N-dealkylation sites (N-methyl/N-ethyl adjacent to an activating group) is 1. The van der Waals surface area contributed by atoms with Gasteiger partial charge in [-0.25, -0.2) is 13.2 Å². The van der Waals surface area contributed by atoms with Crippen molar-refractivity contribution in [2.75, 3.05) is 20.3 Å². The second-order valence-corrected chi connectivity index (χ2v) is 12.5. The number of hydrogen-bond donors (Lipinski definition) is 4. The van der Waals surface area contributed by atoms with Crippen LogP contribution in [0.15, 0.2) is 89.8 Å². The van der Waals surface area contributed by atoms with Crippen molar-refractivity contribution in [3.63, 3.8) is 0 Å².